The van der Waals surface area contributed by atoms with E-state index >= 15 is 0 Å². The molecule has 2 fully saturated rings. The standard InChI is InChI=1S/C17H28N4O3/c1-3-15-18-17(20-19-15)14-10-21(8-9-23-14)16(22)11-24-13-7-5-4-6-12(13)2/h12-14H,3-11H2,1-2H3,(H,18,19,20). The van der Waals surface area contributed by atoms with E-state index in [1.165, 1.54) is 19.3 Å². The Morgan fingerprint density at radius 2 is 2.25 bits per heavy atom. The number of nitrogens with zero attached hydrogens (tertiary/aromatic N) is 3. The van der Waals surface area contributed by atoms with Gasteiger partial charge in [0.2, 0.25) is 5.91 Å². The largest absolute Gasteiger partial charge is 0.368 e. The zero-order chi connectivity index (χ0) is 16.9. The lowest BCUT2D eigenvalue weighted by molar-refractivity contribution is -0.147. The van der Waals surface area contributed by atoms with E-state index in [0.29, 0.717) is 31.4 Å². The molecular formula is C17H28N4O3. The van der Waals surface area contributed by atoms with Gasteiger partial charge in [0.1, 0.15) is 18.5 Å². The molecule has 2 heterocycles. The maximum absolute atomic E-state index is 12.5. The highest BCUT2D eigenvalue weighted by Gasteiger charge is 2.29. The molecule has 1 aromatic rings. The quantitative estimate of drug-likeness (QED) is 0.888. The van der Waals surface area contributed by atoms with Crippen LogP contribution in [0.1, 0.15) is 57.3 Å². The molecule has 1 saturated heterocycles. The van der Waals surface area contributed by atoms with Crippen molar-refractivity contribution in [1.29, 1.82) is 0 Å². The summed E-state index contributed by atoms with van der Waals surface area (Å²) in [6, 6.07) is 0. The smallest absolute Gasteiger partial charge is 0.248 e. The van der Waals surface area contributed by atoms with Gasteiger partial charge in [-0.05, 0) is 18.8 Å². The number of ether oxygens (including phenoxy) is 2. The predicted molar refractivity (Wildman–Crippen MR) is 88.4 cm³/mol. The van der Waals surface area contributed by atoms with Gasteiger partial charge < -0.3 is 14.4 Å². The van der Waals surface area contributed by atoms with Gasteiger partial charge in [-0.25, -0.2) is 4.98 Å². The van der Waals surface area contributed by atoms with Gasteiger partial charge in [0.05, 0.1) is 19.3 Å². The molecule has 0 bridgehead atoms. The summed E-state index contributed by atoms with van der Waals surface area (Å²) < 4.78 is 11.6. The van der Waals surface area contributed by atoms with Gasteiger partial charge in [0.15, 0.2) is 5.82 Å². The van der Waals surface area contributed by atoms with Crippen LogP contribution in [0.5, 0.6) is 0 Å². The van der Waals surface area contributed by atoms with Crippen LogP contribution in [0.25, 0.3) is 0 Å². The Hall–Kier alpha value is -1.47. The minimum atomic E-state index is -0.257. The molecule has 3 unspecified atom stereocenters. The molecule has 3 rings (SSSR count). The summed E-state index contributed by atoms with van der Waals surface area (Å²) in [4.78, 5) is 18.7. The second-order valence-electron chi connectivity index (χ2n) is 6.80. The molecule has 3 atom stereocenters. The first kappa shape index (κ1) is 17.4. The molecule has 7 nitrogen and oxygen atoms in total. The van der Waals surface area contributed by atoms with E-state index in [9.17, 15) is 4.79 Å². The van der Waals surface area contributed by atoms with Crippen LogP contribution >= 0.6 is 0 Å². The normalized spacial score (nSPS) is 28.1. The number of aromatic nitrogens is 3. The maximum atomic E-state index is 12.5. The van der Waals surface area contributed by atoms with E-state index in [1.54, 1.807) is 0 Å². The number of morpholine rings is 1. The molecule has 1 amide bonds. The van der Waals surface area contributed by atoms with Crippen LogP contribution in [-0.2, 0) is 20.7 Å². The second-order valence-corrected chi connectivity index (χ2v) is 6.80. The summed E-state index contributed by atoms with van der Waals surface area (Å²) in [5.74, 6) is 2.05. The number of H-pyrrole nitrogens is 1. The highest BCUT2D eigenvalue weighted by molar-refractivity contribution is 5.77. The number of rotatable bonds is 5. The van der Waals surface area contributed by atoms with Gasteiger partial charge in [0.25, 0.3) is 0 Å². The summed E-state index contributed by atoms with van der Waals surface area (Å²) in [7, 11) is 0. The maximum Gasteiger partial charge on any atom is 0.248 e. The number of aryl methyl sites for hydroxylation is 1. The van der Waals surface area contributed by atoms with Gasteiger partial charge in [-0.2, -0.15) is 5.10 Å². The Morgan fingerprint density at radius 3 is 3.00 bits per heavy atom. The molecule has 1 aromatic heterocycles. The number of hydrogen-bond donors (Lipinski definition) is 1. The van der Waals surface area contributed by atoms with Crippen LogP contribution in [0.15, 0.2) is 0 Å². The van der Waals surface area contributed by atoms with Crippen molar-refractivity contribution in [3.8, 4) is 0 Å². The molecule has 1 aliphatic carbocycles. The van der Waals surface area contributed by atoms with Gasteiger partial charge in [-0.1, -0.05) is 26.7 Å². The Bertz CT molecular complexity index is 548. The fourth-order valence-corrected chi connectivity index (χ4v) is 3.44. The molecular weight excluding hydrogens is 308 g/mol. The third-order valence-electron chi connectivity index (χ3n) is 5.04. The topological polar surface area (TPSA) is 80.3 Å². The van der Waals surface area contributed by atoms with Gasteiger partial charge in [-0.3, -0.25) is 9.89 Å². The van der Waals surface area contributed by atoms with Crippen LogP contribution in [0.4, 0.5) is 0 Å². The van der Waals surface area contributed by atoms with Crippen molar-refractivity contribution in [1.82, 2.24) is 20.1 Å². The van der Waals surface area contributed by atoms with Crippen molar-refractivity contribution in [2.75, 3.05) is 26.3 Å². The Morgan fingerprint density at radius 1 is 1.42 bits per heavy atom. The zero-order valence-electron chi connectivity index (χ0n) is 14.7. The molecule has 1 aliphatic heterocycles. The molecule has 2 aliphatic rings. The van der Waals surface area contributed by atoms with E-state index in [-0.39, 0.29) is 24.7 Å². The molecule has 134 valence electrons. The van der Waals surface area contributed by atoms with E-state index in [0.717, 1.165) is 18.7 Å². The third-order valence-corrected chi connectivity index (χ3v) is 5.04. The summed E-state index contributed by atoms with van der Waals surface area (Å²) >= 11 is 0. The first-order valence-electron chi connectivity index (χ1n) is 9.09. The van der Waals surface area contributed by atoms with Crippen molar-refractivity contribution in [3.63, 3.8) is 0 Å². The third kappa shape index (κ3) is 4.13. The molecule has 0 radical (unpaired) electrons. The van der Waals surface area contributed by atoms with E-state index < -0.39 is 0 Å². The molecule has 7 heteroatoms. The number of hydrogen-bond acceptors (Lipinski definition) is 5. The van der Waals surface area contributed by atoms with E-state index in [2.05, 4.69) is 22.1 Å². The van der Waals surface area contributed by atoms with Crippen LogP contribution in [0.2, 0.25) is 0 Å². The number of carbonyl (C=O) groups excluding carboxylic acids is 1. The number of carbonyl (C=O) groups is 1. The van der Waals surface area contributed by atoms with Crippen molar-refractivity contribution in [2.24, 2.45) is 5.92 Å². The van der Waals surface area contributed by atoms with Gasteiger partial charge in [-0.15, -0.1) is 0 Å². The molecule has 0 spiro atoms. The number of aromatic amines is 1. The summed E-state index contributed by atoms with van der Waals surface area (Å²) in [6.07, 6.45) is 5.51. The van der Waals surface area contributed by atoms with E-state index in [4.69, 9.17) is 9.47 Å². The average molecular weight is 336 g/mol. The lowest BCUT2D eigenvalue weighted by atomic mass is 9.88. The zero-order valence-corrected chi connectivity index (χ0v) is 14.7. The van der Waals surface area contributed by atoms with Crippen molar-refractivity contribution >= 4 is 5.91 Å². The van der Waals surface area contributed by atoms with Gasteiger partial charge >= 0.3 is 0 Å². The number of amides is 1. The minimum Gasteiger partial charge on any atom is -0.368 e. The molecule has 24 heavy (non-hydrogen) atoms. The summed E-state index contributed by atoms with van der Waals surface area (Å²) in [5, 5.41) is 7.10. The van der Waals surface area contributed by atoms with Crippen LogP contribution in [0, 0.1) is 5.92 Å². The second kappa shape index (κ2) is 8.07. The summed E-state index contributed by atoms with van der Waals surface area (Å²) in [5.41, 5.74) is 0. The summed E-state index contributed by atoms with van der Waals surface area (Å²) in [6.45, 7) is 5.99. The Labute approximate surface area is 143 Å². The average Bonchev–Trinajstić information content (AvgIpc) is 3.10. The molecule has 1 saturated carbocycles. The Kier molecular flexibility index (Phi) is 5.84. The first-order valence-corrected chi connectivity index (χ1v) is 9.09. The van der Waals surface area contributed by atoms with Crippen LogP contribution < -0.4 is 0 Å². The highest BCUT2D eigenvalue weighted by atomic mass is 16.5. The molecule has 1 N–H and O–H groups in total. The Balaban J connectivity index is 1.51. The van der Waals surface area contributed by atoms with Crippen LogP contribution in [0.3, 0.4) is 0 Å². The van der Waals surface area contributed by atoms with Crippen molar-refractivity contribution < 1.29 is 14.3 Å². The fraction of sp³-hybridized carbons (Fsp3) is 0.824. The SMILES string of the molecule is CCc1nc(C2CN(C(=O)COC3CCCCC3C)CCO2)n[nH]1. The predicted octanol–water partition coefficient (Wildman–Crippen LogP) is 1.86. The first-order chi connectivity index (χ1) is 11.7. The molecule has 0 aromatic carbocycles. The van der Waals surface area contributed by atoms with Crippen molar-refractivity contribution in [3.05, 3.63) is 11.6 Å². The number of nitrogens with one attached hydrogen (secondary N) is 1. The minimum absolute atomic E-state index is 0.0346. The van der Waals surface area contributed by atoms with E-state index in [1.807, 2.05) is 11.8 Å². The lowest BCUT2D eigenvalue weighted by Crippen LogP contribution is -2.44. The van der Waals surface area contributed by atoms with Crippen LogP contribution in [-0.4, -0.2) is 58.4 Å². The highest BCUT2D eigenvalue weighted by Crippen LogP contribution is 2.26. The monoisotopic (exact) mass is 336 g/mol. The van der Waals surface area contributed by atoms with Gasteiger partial charge in [0, 0.05) is 13.0 Å². The lowest BCUT2D eigenvalue weighted by Gasteiger charge is -2.33. The fourth-order valence-electron chi connectivity index (χ4n) is 3.44. The van der Waals surface area contributed by atoms with Crippen molar-refractivity contribution in [2.45, 2.75) is 58.2 Å².